The summed E-state index contributed by atoms with van der Waals surface area (Å²) in [5.74, 6) is 0. The Labute approximate surface area is 188 Å². The number of anilines is 1. The highest BCUT2D eigenvalue weighted by atomic mass is 16.7. The van der Waals surface area contributed by atoms with Gasteiger partial charge in [0.2, 0.25) is 0 Å². The van der Waals surface area contributed by atoms with Gasteiger partial charge in [-0.2, -0.15) is 0 Å². The molecule has 2 heterocycles. The molecule has 164 valence electrons. The summed E-state index contributed by atoms with van der Waals surface area (Å²) in [5, 5.41) is 0. The molecule has 5 rings (SSSR count). The zero-order valence-corrected chi connectivity index (χ0v) is 20.6. The van der Waals surface area contributed by atoms with Crippen molar-refractivity contribution in [2.75, 3.05) is 18.5 Å². The molecule has 31 heavy (non-hydrogen) atoms. The van der Waals surface area contributed by atoms with Gasteiger partial charge in [-0.05, 0) is 84.9 Å². The van der Waals surface area contributed by atoms with Crippen LogP contribution >= 0.6 is 0 Å². The normalized spacial score (nSPS) is 24.0. The van der Waals surface area contributed by atoms with Gasteiger partial charge < -0.3 is 14.2 Å². The fourth-order valence-corrected chi connectivity index (χ4v) is 5.47. The quantitative estimate of drug-likeness (QED) is 0.579. The molecule has 0 N–H and O–H groups in total. The molecule has 3 nitrogen and oxygen atoms in total. The average molecular weight is 417 g/mol. The zero-order valence-electron chi connectivity index (χ0n) is 20.6. The van der Waals surface area contributed by atoms with E-state index in [4.69, 9.17) is 9.31 Å². The Balaban J connectivity index is 1.62. The molecule has 2 aliphatic heterocycles. The molecule has 0 radical (unpaired) electrons. The first-order valence-electron chi connectivity index (χ1n) is 11.7. The highest BCUT2D eigenvalue weighted by Crippen LogP contribution is 2.52. The Hall–Kier alpha value is -1.78. The van der Waals surface area contributed by atoms with Gasteiger partial charge in [0.25, 0.3) is 0 Å². The maximum Gasteiger partial charge on any atom is 0.494 e. The molecule has 1 aliphatic carbocycles. The minimum Gasteiger partial charge on any atom is -0.399 e. The Kier molecular flexibility index (Phi) is 4.20. The van der Waals surface area contributed by atoms with Gasteiger partial charge in [0.05, 0.1) is 11.2 Å². The average Bonchev–Trinajstić information content (AvgIpc) is 3.03. The molecule has 4 heteroatoms. The van der Waals surface area contributed by atoms with Gasteiger partial charge in [-0.3, -0.25) is 0 Å². The number of fused-ring (bicyclic) bond motifs is 4. The molecule has 0 spiro atoms. The van der Waals surface area contributed by atoms with Crippen LogP contribution in [0.15, 0.2) is 30.3 Å². The molecule has 2 aromatic rings. The Morgan fingerprint density at radius 1 is 0.774 bits per heavy atom. The standard InChI is InChI=1S/C27H36BNO2/c1-24(2)12-13-29(9)23-16-21-19(15-22(23)24)18-11-10-17(14-20(18)25(21,3)4)28-30-26(5,6)27(7,8)31-28/h10-11,14-16H,12-13H2,1-9H3. The summed E-state index contributed by atoms with van der Waals surface area (Å²) in [5.41, 5.74) is 9.01. The lowest BCUT2D eigenvalue weighted by atomic mass is 9.74. The summed E-state index contributed by atoms with van der Waals surface area (Å²) in [6.45, 7) is 19.0. The molecule has 1 saturated heterocycles. The minimum atomic E-state index is -0.329. The van der Waals surface area contributed by atoms with Gasteiger partial charge in [-0.25, -0.2) is 0 Å². The summed E-state index contributed by atoms with van der Waals surface area (Å²) in [6.07, 6.45) is 1.19. The maximum atomic E-state index is 6.35. The Morgan fingerprint density at radius 3 is 2.03 bits per heavy atom. The summed E-state index contributed by atoms with van der Waals surface area (Å²) in [7, 11) is 1.90. The first-order valence-corrected chi connectivity index (χ1v) is 11.7. The van der Waals surface area contributed by atoms with Crippen molar-refractivity contribution in [3.8, 4) is 11.1 Å². The number of hydrogen-bond donors (Lipinski definition) is 0. The fraction of sp³-hybridized carbons (Fsp3) is 0.556. The van der Waals surface area contributed by atoms with Crippen molar-refractivity contribution in [1.82, 2.24) is 0 Å². The predicted molar refractivity (Wildman–Crippen MR) is 131 cm³/mol. The minimum absolute atomic E-state index is 0.0538. The zero-order chi connectivity index (χ0) is 22.6. The summed E-state index contributed by atoms with van der Waals surface area (Å²) < 4.78 is 12.7. The van der Waals surface area contributed by atoms with Crippen LogP contribution < -0.4 is 10.4 Å². The van der Waals surface area contributed by atoms with E-state index in [1.165, 1.54) is 39.9 Å². The number of nitrogens with zero attached hydrogens (tertiary/aromatic N) is 1. The lowest BCUT2D eigenvalue weighted by Gasteiger charge is -2.39. The molecule has 1 fully saturated rings. The van der Waals surface area contributed by atoms with E-state index in [1.807, 2.05) is 0 Å². The van der Waals surface area contributed by atoms with E-state index in [0.29, 0.717) is 0 Å². The molecular weight excluding hydrogens is 381 g/mol. The first-order chi connectivity index (χ1) is 14.2. The van der Waals surface area contributed by atoms with E-state index in [-0.39, 0.29) is 29.2 Å². The van der Waals surface area contributed by atoms with Crippen molar-refractivity contribution in [3.63, 3.8) is 0 Å². The van der Waals surface area contributed by atoms with Crippen LogP contribution in [-0.2, 0) is 20.1 Å². The summed E-state index contributed by atoms with van der Waals surface area (Å²) >= 11 is 0. The first kappa shape index (κ1) is 21.1. The number of rotatable bonds is 1. The van der Waals surface area contributed by atoms with E-state index in [1.54, 1.807) is 0 Å². The molecular formula is C27H36BNO2. The Morgan fingerprint density at radius 2 is 1.39 bits per heavy atom. The second-order valence-corrected chi connectivity index (χ2v) is 12.0. The van der Waals surface area contributed by atoms with Crippen molar-refractivity contribution in [1.29, 1.82) is 0 Å². The van der Waals surface area contributed by atoms with Gasteiger partial charge in [0.15, 0.2) is 0 Å². The lowest BCUT2D eigenvalue weighted by molar-refractivity contribution is 0.00578. The molecule has 0 bridgehead atoms. The second kappa shape index (κ2) is 6.17. The molecule has 0 amide bonds. The van der Waals surface area contributed by atoms with Crippen LogP contribution in [0.5, 0.6) is 0 Å². The number of benzene rings is 2. The van der Waals surface area contributed by atoms with Gasteiger partial charge in [0.1, 0.15) is 0 Å². The third-order valence-corrected chi connectivity index (χ3v) is 8.55. The Bertz CT molecular complexity index is 1070. The fourth-order valence-electron chi connectivity index (χ4n) is 5.47. The van der Waals surface area contributed by atoms with E-state index >= 15 is 0 Å². The van der Waals surface area contributed by atoms with E-state index < -0.39 is 0 Å². The van der Waals surface area contributed by atoms with Crippen LogP contribution in [0.4, 0.5) is 5.69 Å². The molecule has 0 aromatic heterocycles. The van der Waals surface area contributed by atoms with Crippen molar-refractivity contribution >= 4 is 18.3 Å². The van der Waals surface area contributed by atoms with Crippen molar-refractivity contribution in [3.05, 3.63) is 47.0 Å². The molecule has 2 aromatic carbocycles. The molecule has 0 atom stereocenters. The van der Waals surface area contributed by atoms with Crippen LogP contribution in [0.2, 0.25) is 0 Å². The van der Waals surface area contributed by atoms with Gasteiger partial charge in [-0.1, -0.05) is 45.9 Å². The topological polar surface area (TPSA) is 21.7 Å². The van der Waals surface area contributed by atoms with Crippen LogP contribution in [0.1, 0.15) is 78.5 Å². The SMILES string of the molecule is CN1CCC(C)(C)c2cc3c(cc21)C(C)(C)c1cc(B2OC(C)(C)C(C)(C)O2)ccc1-3. The highest BCUT2D eigenvalue weighted by Gasteiger charge is 2.52. The van der Waals surface area contributed by atoms with Crippen molar-refractivity contribution in [2.45, 2.75) is 83.8 Å². The lowest BCUT2D eigenvalue weighted by Crippen LogP contribution is -2.41. The van der Waals surface area contributed by atoms with Crippen LogP contribution in [0.25, 0.3) is 11.1 Å². The van der Waals surface area contributed by atoms with Gasteiger partial charge >= 0.3 is 7.12 Å². The van der Waals surface area contributed by atoms with Crippen LogP contribution in [0, 0.1) is 0 Å². The highest BCUT2D eigenvalue weighted by molar-refractivity contribution is 6.62. The van der Waals surface area contributed by atoms with Crippen molar-refractivity contribution < 1.29 is 9.31 Å². The monoisotopic (exact) mass is 417 g/mol. The summed E-state index contributed by atoms with van der Waals surface area (Å²) in [6, 6.07) is 11.7. The van der Waals surface area contributed by atoms with Crippen LogP contribution in [-0.4, -0.2) is 31.9 Å². The predicted octanol–water partition coefficient (Wildman–Crippen LogP) is 5.41. The maximum absolute atomic E-state index is 6.35. The van der Waals surface area contributed by atoms with Crippen molar-refractivity contribution in [2.24, 2.45) is 0 Å². The molecule has 0 saturated carbocycles. The van der Waals surface area contributed by atoms with Gasteiger partial charge in [-0.15, -0.1) is 0 Å². The second-order valence-electron chi connectivity index (χ2n) is 12.0. The third-order valence-electron chi connectivity index (χ3n) is 8.55. The third kappa shape index (κ3) is 2.87. The molecule has 0 unspecified atom stereocenters. The largest absolute Gasteiger partial charge is 0.494 e. The van der Waals surface area contributed by atoms with Crippen LogP contribution in [0.3, 0.4) is 0 Å². The smallest absolute Gasteiger partial charge is 0.399 e. The van der Waals surface area contributed by atoms with Gasteiger partial charge in [0, 0.05) is 24.7 Å². The molecule has 3 aliphatic rings. The van der Waals surface area contributed by atoms with E-state index in [0.717, 1.165) is 12.0 Å². The van der Waals surface area contributed by atoms with E-state index in [2.05, 4.69) is 97.7 Å². The van der Waals surface area contributed by atoms with E-state index in [9.17, 15) is 0 Å². The number of hydrogen-bond acceptors (Lipinski definition) is 3. The summed E-state index contributed by atoms with van der Waals surface area (Å²) in [4.78, 5) is 2.43.